The summed E-state index contributed by atoms with van der Waals surface area (Å²) in [5, 5.41) is 0. The Kier molecular flexibility index (Phi) is 3.25. The lowest BCUT2D eigenvalue weighted by atomic mass is 9.71. The van der Waals surface area contributed by atoms with E-state index >= 15 is 0 Å². The van der Waals surface area contributed by atoms with Crippen LogP contribution in [0.5, 0.6) is 0 Å². The van der Waals surface area contributed by atoms with Gasteiger partial charge in [-0.3, -0.25) is 4.79 Å². The molecular weight excluding hydrogens is 172 g/mol. The van der Waals surface area contributed by atoms with E-state index in [-0.39, 0.29) is 0 Å². The number of carbonyl (C=O) groups excluding carboxylic acids is 1. The van der Waals surface area contributed by atoms with Crippen LogP contribution in [0.25, 0.3) is 0 Å². The first-order chi connectivity index (χ1) is 6.81. The smallest absolute Gasteiger partial charge is 0.133 e. The molecule has 0 aromatic heterocycles. The topological polar surface area (TPSA) is 17.1 Å². The number of rotatable bonds is 3. The zero-order valence-electron chi connectivity index (χ0n) is 9.30. The van der Waals surface area contributed by atoms with E-state index in [0.29, 0.717) is 5.78 Å². The molecule has 0 saturated heterocycles. The van der Waals surface area contributed by atoms with Crippen molar-refractivity contribution in [2.75, 3.05) is 0 Å². The summed E-state index contributed by atoms with van der Waals surface area (Å²) < 4.78 is 0. The first-order valence-electron chi connectivity index (χ1n) is 6.33. The van der Waals surface area contributed by atoms with E-state index in [0.717, 1.165) is 30.6 Å². The molecule has 2 saturated carbocycles. The summed E-state index contributed by atoms with van der Waals surface area (Å²) in [5.74, 6) is 3.00. The molecule has 0 N–H and O–H groups in total. The van der Waals surface area contributed by atoms with Crippen molar-refractivity contribution in [2.45, 2.75) is 58.3 Å². The molecule has 3 atom stereocenters. The van der Waals surface area contributed by atoms with Crippen molar-refractivity contribution in [3.05, 3.63) is 0 Å². The molecule has 14 heavy (non-hydrogen) atoms. The minimum Gasteiger partial charge on any atom is -0.300 e. The Morgan fingerprint density at radius 1 is 1.29 bits per heavy atom. The van der Waals surface area contributed by atoms with Crippen LogP contribution in [0.2, 0.25) is 0 Å². The van der Waals surface area contributed by atoms with Crippen molar-refractivity contribution in [3.8, 4) is 0 Å². The third-order valence-electron chi connectivity index (χ3n) is 4.23. The fraction of sp³-hybridized carbons (Fsp3) is 0.923. The van der Waals surface area contributed by atoms with Crippen molar-refractivity contribution in [2.24, 2.45) is 17.8 Å². The Bertz CT molecular complexity index is 209. The van der Waals surface area contributed by atoms with Gasteiger partial charge in [-0.15, -0.1) is 0 Å². The van der Waals surface area contributed by atoms with E-state index in [4.69, 9.17) is 0 Å². The second-order valence-electron chi connectivity index (χ2n) is 5.20. The van der Waals surface area contributed by atoms with Gasteiger partial charge in [-0.05, 0) is 37.0 Å². The second kappa shape index (κ2) is 4.46. The average Bonchev–Trinajstić information content (AvgIpc) is 2.61. The summed E-state index contributed by atoms with van der Waals surface area (Å²) in [6.45, 7) is 2.25. The van der Waals surface area contributed by atoms with Gasteiger partial charge in [-0.2, -0.15) is 0 Å². The second-order valence-corrected chi connectivity index (χ2v) is 5.20. The maximum atomic E-state index is 11.6. The van der Waals surface area contributed by atoms with E-state index in [9.17, 15) is 4.79 Å². The van der Waals surface area contributed by atoms with Gasteiger partial charge >= 0.3 is 0 Å². The highest BCUT2D eigenvalue weighted by molar-refractivity contribution is 5.79. The summed E-state index contributed by atoms with van der Waals surface area (Å²) in [6, 6.07) is 0. The third-order valence-corrected chi connectivity index (χ3v) is 4.23. The molecule has 1 heteroatoms. The van der Waals surface area contributed by atoms with Crippen LogP contribution in [0, 0.1) is 17.8 Å². The lowest BCUT2D eigenvalue weighted by Gasteiger charge is -2.33. The van der Waals surface area contributed by atoms with Crippen LogP contribution in [-0.2, 0) is 4.79 Å². The molecule has 0 heterocycles. The molecule has 0 bridgehead atoms. The predicted molar refractivity (Wildman–Crippen MR) is 58.1 cm³/mol. The van der Waals surface area contributed by atoms with Crippen molar-refractivity contribution in [1.29, 1.82) is 0 Å². The Morgan fingerprint density at radius 3 is 2.93 bits per heavy atom. The molecule has 0 radical (unpaired) electrons. The fourth-order valence-electron chi connectivity index (χ4n) is 3.54. The molecular formula is C13H22O. The Balaban J connectivity index is 1.95. The van der Waals surface area contributed by atoms with Crippen LogP contribution in [0.1, 0.15) is 58.3 Å². The maximum absolute atomic E-state index is 11.6. The van der Waals surface area contributed by atoms with Crippen LogP contribution in [0.4, 0.5) is 0 Å². The molecule has 80 valence electrons. The summed E-state index contributed by atoms with van der Waals surface area (Å²) in [4.78, 5) is 11.6. The molecule has 0 aromatic rings. The molecule has 1 nitrogen and oxygen atoms in total. The highest BCUT2D eigenvalue weighted by atomic mass is 16.1. The van der Waals surface area contributed by atoms with Gasteiger partial charge in [0.15, 0.2) is 0 Å². The van der Waals surface area contributed by atoms with E-state index in [1.54, 1.807) is 0 Å². The fourth-order valence-corrected chi connectivity index (χ4v) is 3.54. The van der Waals surface area contributed by atoms with E-state index < -0.39 is 0 Å². The Labute approximate surface area is 87.3 Å². The van der Waals surface area contributed by atoms with Crippen LogP contribution in [0.3, 0.4) is 0 Å². The molecule has 0 unspecified atom stereocenters. The number of carbonyl (C=O) groups is 1. The number of hydrogen-bond donors (Lipinski definition) is 0. The molecule has 0 aliphatic heterocycles. The van der Waals surface area contributed by atoms with E-state index in [2.05, 4.69) is 6.92 Å². The van der Waals surface area contributed by atoms with Gasteiger partial charge < -0.3 is 0 Å². The van der Waals surface area contributed by atoms with Gasteiger partial charge in [0, 0.05) is 12.8 Å². The van der Waals surface area contributed by atoms with Gasteiger partial charge in [-0.25, -0.2) is 0 Å². The van der Waals surface area contributed by atoms with Crippen LogP contribution < -0.4 is 0 Å². The third kappa shape index (κ3) is 2.02. The number of Topliss-reactive ketones (excluding diaryl/α,β-unsaturated/α-hetero) is 1. The SMILES string of the molecule is CCCC[C@H]1CC(=O)C[C@@H]2CCC[C@@H]12. The number of ketones is 1. The van der Waals surface area contributed by atoms with E-state index in [1.807, 2.05) is 0 Å². The molecule has 0 amide bonds. The average molecular weight is 194 g/mol. The standard InChI is InChI=1S/C13H22O/c1-2-3-5-10-8-12(14)9-11-6-4-7-13(10)11/h10-11,13H,2-9H2,1H3/t10-,11-,13-/m0/s1. The molecule has 0 spiro atoms. The van der Waals surface area contributed by atoms with Gasteiger partial charge in [0.2, 0.25) is 0 Å². The maximum Gasteiger partial charge on any atom is 0.133 e. The monoisotopic (exact) mass is 194 g/mol. The number of unbranched alkanes of at least 4 members (excludes halogenated alkanes) is 1. The first-order valence-corrected chi connectivity index (χ1v) is 6.33. The molecule has 0 aromatic carbocycles. The number of fused-ring (bicyclic) bond motifs is 1. The molecule has 2 fully saturated rings. The quantitative estimate of drug-likeness (QED) is 0.671. The number of hydrogen-bond acceptors (Lipinski definition) is 1. The first kappa shape index (κ1) is 10.2. The molecule has 2 aliphatic rings. The van der Waals surface area contributed by atoms with Crippen LogP contribution in [-0.4, -0.2) is 5.78 Å². The van der Waals surface area contributed by atoms with Gasteiger partial charge in [0.25, 0.3) is 0 Å². The highest BCUT2D eigenvalue weighted by Gasteiger charge is 2.38. The summed E-state index contributed by atoms with van der Waals surface area (Å²) in [6.07, 6.45) is 9.84. The summed E-state index contributed by atoms with van der Waals surface area (Å²) in [5.41, 5.74) is 0. The minimum atomic E-state index is 0.550. The van der Waals surface area contributed by atoms with Gasteiger partial charge in [-0.1, -0.05) is 26.2 Å². The van der Waals surface area contributed by atoms with Crippen molar-refractivity contribution in [3.63, 3.8) is 0 Å². The van der Waals surface area contributed by atoms with E-state index in [1.165, 1.54) is 38.5 Å². The molecule has 2 aliphatic carbocycles. The normalized spacial score (nSPS) is 37.2. The van der Waals surface area contributed by atoms with Gasteiger partial charge in [0.05, 0.1) is 0 Å². The lowest BCUT2D eigenvalue weighted by Crippen LogP contribution is -2.29. The Morgan fingerprint density at radius 2 is 2.14 bits per heavy atom. The van der Waals surface area contributed by atoms with Gasteiger partial charge in [0.1, 0.15) is 5.78 Å². The lowest BCUT2D eigenvalue weighted by molar-refractivity contribution is -0.124. The van der Waals surface area contributed by atoms with Crippen LogP contribution >= 0.6 is 0 Å². The summed E-state index contributed by atoms with van der Waals surface area (Å²) in [7, 11) is 0. The van der Waals surface area contributed by atoms with Crippen LogP contribution in [0.15, 0.2) is 0 Å². The zero-order valence-corrected chi connectivity index (χ0v) is 9.30. The summed E-state index contributed by atoms with van der Waals surface area (Å²) >= 11 is 0. The van der Waals surface area contributed by atoms with Crippen molar-refractivity contribution < 1.29 is 4.79 Å². The highest BCUT2D eigenvalue weighted by Crippen LogP contribution is 2.45. The zero-order chi connectivity index (χ0) is 9.97. The van der Waals surface area contributed by atoms with Crippen molar-refractivity contribution >= 4 is 5.78 Å². The largest absolute Gasteiger partial charge is 0.300 e. The minimum absolute atomic E-state index is 0.550. The van der Waals surface area contributed by atoms with Crippen molar-refractivity contribution in [1.82, 2.24) is 0 Å². The molecule has 2 rings (SSSR count). The Hall–Kier alpha value is -0.330. The predicted octanol–water partition coefficient (Wildman–Crippen LogP) is 3.57.